The number of rotatable bonds is 2. The third kappa shape index (κ3) is 2.32. The Kier molecular flexibility index (Phi) is 1.65. The van der Waals surface area contributed by atoms with Crippen molar-refractivity contribution in [1.29, 1.82) is 0 Å². The molecule has 0 unspecified atom stereocenters. The molecule has 1 fully saturated rings. The summed E-state index contributed by atoms with van der Waals surface area (Å²) in [5.41, 5.74) is 0. The molecule has 0 heterocycles. The van der Waals surface area contributed by atoms with Crippen molar-refractivity contribution in [2.75, 3.05) is 0 Å². The molecule has 0 radical (unpaired) electrons. The molecule has 0 aliphatic heterocycles. The van der Waals surface area contributed by atoms with E-state index in [1.807, 2.05) is 0 Å². The van der Waals surface area contributed by atoms with E-state index in [2.05, 4.69) is 5.14 Å². The molecule has 58 valence electrons. The number of nitrogens with one attached hydrogen (secondary N) is 1. The molecule has 1 amide bonds. The molecule has 1 aliphatic carbocycles. The second-order valence-corrected chi connectivity index (χ2v) is 3.58. The highest BCUT2D eigenvalue weighted by Gasteiger charge is 2.31. The first-order valence-electron chi connectivity index (χ1n) is 2.83. The minimum atomic E-state index is -3.83. The Morgan fingerprint density at radius 2 is 2.00 bits per heavy atom. The molecule has 6 heteroatoms. The zero-order valence-corrected chi connectivity index (χ0v) is 6.02. The van der Waals surface area contributed by atoms with Crippen LogP contribution in [-0.2, 0) is 15.0 Å². The highest BCUT2D eigenvalue weighted by atomic mass is 32.2. The van der Waals surface area contributed by atoms with E-state index in [0.717, 1.165) is 12.8 Å². The van der Waals surface area contributed by atoms with Crippen molar-refractivity contribution in [2.45, 2.75) is 12.8 Å². The van der Waals surface area contributed by atoms with Gasteiger partial charge < -0.3 is 0 Å². The second kappa shape index (κ2) is 2.21. The summed E-state index contributed by atoms with van der Waals surface area (Å²) >= 11 is 0. The van der Waals surface area contributed by atoms with Gasteiger partial charge in [0.05, 0.1) is 0 Å². The third-order valence-corrected chi connectivity index (χ3v) is 1.68. The number of hydrogen-bond acceptors (Lipinski definition) is 3. The molecule has 1 aliphatic rings. The number of carbonyl (C=O) groups is 1. The SMILES string of the molecule is NS(=O)(=O)NC(=O)C1CC1. The summed E-state index contributed by atoms with van der Waals surface area (Å²) in [5.74, 6) is -0.610. The predicted molar refractivity (Wildman–Crippen MR) is 34.0 cm³/mol. The van der Waals surface area contributed by atoms with Crippen molar-refractivity contribution >= 4 is 16.1 Å². The minimum absolute atomic E-state index is 0.127. The van der Waals surface area contributed by atoms with Gasteiger partial charge in [-0.1, -0.05) is 0 Å². The van der Waals surface area contributed by atoms with Crippen LogP contribution in [0, 0.1) is 5.92 Å². The van der Waals surface area contributed by atoms with Gasteiger partial charge >= 0.3 is 0 Å². The van der Waals surface area contributed by atoms with Gasteiger partial charge in [-0.05, 0) is 12.8 Å². The molecule has 5 nitrogen and oxygen atoms in total. The largest absolute Gasteiger partial charge is 0.298 e. The maximum absolute atomic E-state index is 10.7. The lowest BCUT2D eigenvalue weighted by Gasteiger charge is -1.97. The third-order valence-electron chi connectivity index (χ3n) is 1.19. The number of nitrogens with two attached hydrogens (primary N) is 1. The Balaban J connectivity index is 2.45. The van der Waals surface area contributed by atoms with Gasteiger partial charge in [0.1, 0.15) is 0 Å². The predicted octanol–water partition coefficient (Wildman–Crippen LogP) is -1.28. The molecule has 1 saturated carbocycles. The quantitative estimate of drug-likeness (QED) is 0.532. The Bertz CT molecular complexity index is 241. The van der Waals surface area contributed by atoms with Crippen LogP contribution in [0.2, 0.25) is 0 Å². The highest BCUT2D eigenvalue weighted by Crippen LogP contribution is 2.28. The highest BCUT2D eigenvalue weighted by molar-refractivity contribution is 7.87. The monoisotopic (exact) mass is 164 g/mol. The first kappa shape index (κ1) is 7.49. The van der Waals surface area contributed by atoms with E-state index in [4.69, 9.17) is 0 Å². The summed E-state index contributed by atoms with van der Waals surface area (Å²) in [5, 5.41) is 4.54. The van der Waals surface area contributed by atoms with Crippen LogP contribution in [0.1, 0.15) is 12.8 Å². The lowest BCUT2D eigenvalue weighted by molar-refractivity contribution is -0.120. The zero-order valence-electron chi connectivity index (χ0n) is 5.20. The lowest BCUT2D eigenvalue weighted by Crippen LogP contribution is -2.36. The van der Waals surface area contributed by atoms with E-state index in [0.29, 0.717) is 0 Å². The topological polar surface area (TPSA) is 89.3 Å². The lowest BCUT2D eigenvalue weighted by atomic mass is 10.4. The van der Waals surface area contributed by atoms with Crippen LogP contribution in [0.5, 0.6) is 0 Å². The average Bonchev–Trinajstić information content (AvgIpc) is 2.35. The molecular formula is C4H8N2O3S. The normalized spacial score (nSPS) is 18.5. The summed E-state index contributed by atoms with van der Waals surface area (Å²) in [6.07, 6.45) is 1.53. The Hall–Kier alpha value is -0.620. The Morgan fingerprint density at radius 3 is 2.30 bits per heavy atom. The van der Waals surface area contributed by atoms with Gasteiger partial charge in [-0.25, -0.2) is 9.86 Å². The summed E-state index contributed by atoms with van der Waals surface area (Å²) < 4.78 is 22.1. The molecule has 0 aromatic carbocycles. The molecule has 0 saturated heterocycles. The number of carbonyl (C=O) groups excluding carboxylic acids is 1. The zero-order chi connectivity index (χ0) is 7.78. The fraction of sp³-hybridized carbons (Fsp3) is 0.750. The molecular weight excluding hydrogens is 156 g/mol. The first-order valence-corrected chi connectivity index (χ1v) is 4.38. The van der Waals surface area contributed by atoms with E-state index in [1.165, 1.54) is 0 Å². The van der Waals surface area contributed by atoms with Gasteiger partial charge in [-0.3, -0.25) is 4.79 Å². The molecule has 0 atom stereocenters. The van der Waals surface area contributed by atoms with Crippen molar-refractivity contribution in [3.8, 4) is 0 Å². The van der Waals surface area contributed by atoms with Crippen LogP contribution >= 0.6 is 0 Å². The van der Waals surface area contributed by atoms with Gasteiger partial charge in [0.15, 0.2) is 0 Å². The fourth-order valence-electron chi connectivity index (χ4n) is 0.569. The maximum Gasteiger partial charge on any atom is 0.298 e. The van der Waals surface area contributed by atoms with Crippen LogP contribution in [0.25, 0.3) is 0 Å². The van der Waals surface area contributed by atoms with Crippen LogP contribution in [0.3, 0.4) is 0 Å². The van der Waals surface area contributed by atoms with Crippen molar-refractivity contribution in [2.24, 2.45) is 11.1 Å². The van der Waals surface area contributed by atoms with E-state index < -0.39 is 16.1 Å². The molecule has 1 rings (SSSR count). The Morgan fingerprint density at radius 1 is 1.50 bits per heavy atom. The van der Waals surface area contributed by atoms with Gasteiger partial charge in [-0.2, -0.15) is 8.42 Å². The standard InChI is InChI=1S/C4H8N2O3S/c5-10(8,9)6-4(7)3-1-2-3/h3H,1-2H2,(H,6,7)(H2,5,8,9). The summed E-state index contributed by atoms with van der Waals surface area (Å²) in [6, 6.07) is 0. The summed E-state index contributed by atoms with van der Waals surface area (Å²) in [6.45, 7) is 0. The van der Waals surface area contributed by atoms with Gasteiger partial charge in [0.2, 0.25) is 5.91 Å². The van der Waals surface area contributed by atoms with Gasteiger partial charge in [-0.15, -0.1) is 0 Å². The summed E-state index contributed by atoms with van der Waals surface area (Å²) in [7, 11) is -3.83. The number of hydrogen-bond donors (Lipinski definition) is 2. The molecule has 0 aromatic rings. The van der Waals surface area contributed by atoms with Crippen molar-refractivity contribution in [3.63, 3.8) is 0 Å². The minimum Gasteiger partial charge on any atom is -0.274 e. The molecule has 10 heavy (non-hydrogen) atoms. The van der Waals surface area contributed by atoms with Crippen molar-refractivity contribution in [1.82, 2.24) is 4.72 Å². The molecule has 0 bridgehead atoms. The second-order valence-electron chi connectivity index (χ2n) is 2.29. The van der Waals surface area contributed by atoms with Crippen LogP contribution in [0.4, 0.5) is 0 Å². The Labute approximate surface area is 58.8 Å². The smallest absolute Gasteiger partial charge is 0.274 e. The van der Waals surface area contributed by atoms with E-state index in [-0.39, 0.29) is 5.92 Å². The molecule has 3 N–H and O–H groups in total. The molecule has 0 aromatic heterocycles. The van der Waals surface area contributed by atoms with Gasteiger partial charge in [0.25, 0.3) is 10.2 Å². The van der Waals surface area contributed by atoms with E-state index in [1.54, 1.807) is 4.72 Å². The van der Waals surface area contributed by atoms with E-state index in [9.17, 15) is 13.2 Å². The molecule has 0 spiro atoms. The van der Waals surface area contributed by atoms with Crippen molar-refractivity contribution < 1.29 is 13.2 Å². The number of amides is 1. The van der Waals surface area contributed by atoms with Crippen LogP contribution < -0.4 is 9.86 Å². The first-order chi connectivity index (χ1) is 4.49. The van der Waals surface area contributed by atoms with E-state index >= 15 is 0 Å². The van der Waals surface area contributed by atoms with Crippen molar-refractivity contribution in [3.05, 3.63) is 0 Å². The van der Waals surface area contributed by atoms with Crippen LogP contribution in [0.15, 0.2) is 0 Å². The fourth-order valence-corrected chi connectivity index (χ4v) is 1.02. The summed E-state index contributed by atoms with van der Waals surface area (Å²) in [4.78, 5) is 10.7. The van der Waals surface area contributed by atoms with Gasteiger partial charge in [0, 0.05) is 5.92 Å². The maximum atomic E-state index is 10.7. The average molecular weight is 164 g/mol. The van der Waals surface area contributed by atoms with Crippen LogP contribution in [-0.4, -0.2) is 14.3 Å².